The Morgan fingerprint density at radius 2 is 2.07 bits per heavy atom. The molecule has 1 aliphatic rings. The maximum atomic E-state index is 12.5. The molecule has 4 rings (SSSR count). The zero-order chi connectivity index (χ0) is 19.8. The molecule has 3 aromatic rings. The number of hydrogen-bond acceptors (Lipinski definition) is 5. The molecule has 1 amide bonds. The smallest absolute Gasteiger partial charge is 0.259 e. The molecule has 6 nitrogen and oxygen atoms in total. The van der Waals surface area contributed by atoms with Gasteiger partial charge in [-0.05, 0) is 44.0 Å². The number of hydrogen-bond donors (Lipinski definition) is 2. The molecule has 0 saturated carbocycles. The summed E-state index contributed by atoms with van der Waals surface area (Å²) >= 11 is 13.8. The number of aromatic nitrogens is 2. The van der Waals surface area contributed by atoms with Crippen molar-refractivity contribution in [2.75, 3.05) is 18.9 Å². The van der Waals surface area contributed by atoms with Gasteiger partial charge in [0.05, 0.1) is 34.2 Å². The molecule has 28 heavy (non-hydrogen) atoms. The van der Waals surface area contributed by atoms with Gasteiger partial charge < -0.3 is 10.3 Å². The van der Waals surface area contributed by atoms with Gasteiger partial charge in [0, 0.05) is 4.88 Å². The Kier molecular flexibility index (Phi) is 5.42. The van der Waals surface area contributed by atoms with Crippen LogP contribution in [0.5, 0.6) is 0 Å². The first-order valence-corrected chi connectivity index (χ1v) is 10.5. The summed E-state index contributed by atoms with van der Waals surface area (Å²) in [5.74, 6) is 0.291. The van der Waals surface area contributed by atoms with E-state index in [1.54, 1.807) is 41.5 Å². The number of anilines is 1. The molecule has 0 atom stereocenters. The summed E-state index contributed by atoms with van der Waals surface area (Å²) in [7, 11) is 1.78. The highest BCUT2D eigenvalue weighted by Gasteiger charge is 2.21. The lowest BCUT2D eigenvalue weighted by Gasteiger charge is -2.16. The van der Waals surface area contributed by atoms with Gasteiger partial charge in [0.15, 0.2) is 0 Å². The van der Waals surface area contributed by atoms with Crippen molar-refractivity contribution in [1.82, 2.24) is 14.9 Å². The lowest BCUT2D eigenvalue weighted by Crippen LogP contribution is -2.31. The summed E-state index contributed by atoms with van der Waals surface area (Å²) in [4.78, 5) is 36.1. The molecule has 9 heteroatoms. The summed E-state index contributed by atoms with van der Waals surface area (Å²) in [5.41, 5.74) is 1.45. The molecule has 2 heterocycles. The van der Waals surface area contributed by atoms with Crippen LogP contribution in [-0.2, 0) is 24.2 Å². The first-order valence-electron chi connectivity index (χ1n) is 8.88. The fraction of sp³-hybridized carbons (Fsp3) is 0.316. The average Bonchev–Trinajstić information content (AvgIpc) is 3.18. The number of fused-ring (bicyclic) bond motifs is 3. The number of nitrogens with one attached hydrogen (secondary N) is 2. The maximum Gasteiger partial charge on any atom is 0.259 e. The van der Waals surface area contributed by atoms with Crippen LogP contribution in [0.1, 0.15) is 22.7 Å². The van der Waals surface area contributed by atoms with Crippen LogP contribution in [0.2, 0.25) is 10.0 Å². The number of aryl methyl sites for hydroxylation is 2. The van der Waals surface area contributed by atoms with Gasteiger partial charge >= 0.3 is 0 Å². The van der Waals surface area contributed by atoms with Crippen LogP contribution >= 0.6 is 34.5 Å². The van der Waals surface area contributed by atoms with Crippen LogP contribution in [0.3, 0.4) is 0 Å². The lowest BCUT2D eigenvalue weighted by atomic mass is 10.2. The highest BCUT2D eigenvalue weighted by atomic mass is 35.5. The molecule has 1 aliphatic carbocycles. The summed E-state index contributed by atoms with van der Waals surface area (Å²) in [6.45, 7) is 0.446. The lowest BCUT2D eigenvalue weighted by molar-refractivity contribution is -0.117. The van der Waals surface area contributed by atoms with E-state index < -0.39 is 0 Å². The van der Waals surface area contributed by atoms with Crippen LogP contribution in [0.15, 0.2) is 23.0 Å². The van der Waals surface area contributed by atoms with Crippen molar-refractivity contribution in [3.05, 3.63) is 54.9 Å². The van der Waals surface area contributed by atoms with E-state index in [2.05, 4.69) is 15.3 Å². The highest BCUT2D eigenvalue weighted by molar-refractivity contribution is 7.18. The Morgan fingerprint density at radius 3 is 2.82 bits per heavy atom. The Hall–Kier alpha value is -1.93. The molecule has 2 N–H and O–H groups in total. The largest absolute Gasteiger partial charge is 0.322 e. The topological polar surface area (TPSA) is 78.1 Å². The number of rotatable bonds is 5. The third-order valence-electron chi connectivity index (χ3n) is 4.68. The molecule has 1 aromatic carbocycles. The number of carbonyl (C=O) groups is 1. The number of aromatic amines is 1. The number of H-pyrrole nitrogens is 1. The molecule has 0 spiro atoms. The Labute approximate surface area is 175 Å². The minimum Gasteiger partial charge on any atom is -0.322 e. The number of carbonyl (C=O) groups excluding carboxylic acids is 1. The number of para-hydroxylation sites is 1. The van der Waals surface area contributed by atoms with E-state index in [1.165, 1.54) is 4.88 Å². The van der Waals surface area contributed by atoms with Gasteiger partial charge in [0.25, 0.3) is 5.56 Å². The molecule has 0 saturated heterocycles. The van der Waals surface area contributed by atoms with Gasteiger partial charge in [-0.25, -0.2) is 4.98 Å². The Morgan fingerprint density at radius 1 is 1.32 bits per heavy atom. The van der Waals surface area contributed by atoms with Crippen LogP contribution in [0, 0.1) is 0 Å². The van der Waals surface area contributed by atoms with Crippen molar-refractivity contribution in [3.8, 4) is 0 Å². The van der Waals surface area contributed by atoms with Gasteiger partial charge in [-0.1, -0.05) is 29.3 Å². The zero-order valence-corrected chi connectivity index (χ0v) is 17.5. The van der Waals surface area contributed by atoms with Gasteiger partial charge in [0.2, 0.25) is 5.91 Å². The Balaban J connectivity index is 1.46. The summed E-state index contributed by atoms with van der Waals surface area (Å²) < 4.78 is 0. The van der Waals surface area contributed by atoms with Gasteiger partial charge in [0.1, 0.15) is 10.7 Å². The molecule has 0 fully saturated rings. The van der Waals surface area contributed by atoms with Crippen LogP contribution in [-0.4, -0.2) is 34.4 Å². The molecular weight excluding hydrogens is 419 g/mol. The number of likely N-dealkylation sites (N-methyl/N-ethyl adjacent to an activating group) is 1. The van der Waals surface area contributed by atoms with E-state index in [4.69, 9.17) is 23.2 Å². The van der Waals surface area contributed by atoms with Gasteiger partial charge in [-0.3, -0.25) is 14.5 Å². The predicted octanol–water partition coefficient (Wildman–Crippen LogP) is 3.85. The van der Waals surface area contributed by atoms with E-state index in [0.717, 1.165) is 35.0 Å². The molecule has 2 aromatic heterocycles. The standard InChI is InChI=1S/C19H18Cl2N4O2S/c1-25(9-15(26)24-17-11(20)5-3-6-12(17)21)8-14-22-18(27)16-10-4-2-7-13(10)28-19(16)23-14/h3,5-6H,2,4,7-9H2,1H3,(H,24,26)(H,22,23,27). The fourth-order valence-corrected chi connectivity index (χ4v) is 5.25. The third-order valence-corrected chi connectivity index (χ3v) is 6.50. The molecule has 0 radical (unpaired) electrons. The van der Waals surface area contributed by atoms with Crippen LogP contribution in [0.25, 0.3) is 10.2 Å². The minimum atomic E-state index is -0.254. The van der Waals surface area contributed by atoms with Crippen LogP contribution in [0.4, 0.5) is 5.69 Å². The molecule has 0 unspecified atom stereocenters. The third kappa shape index (κ3) is 3.80. The molecule has 0 bridgehead atoms. The number of amides is 1. The number of nitrogens with zero attached hydrogens (tertiary/aromatic N) is 2. The van der Waals surface area contributed by atoms with Crippen LogP contribution < -0.4 is 10.9 Å². The molecular formula is C19H18Cl2N4O2S. The average molecular weight is 437 g/mol. The molecule has 146 valence electrons. The predicted molar refractivity (Wildman–Crippen MR) is 114 cm³/mol. The van der Waals surface area contributed by atoms with Crippen molar-refractivity contribution in [1.29, 1.82) is 0 Å². The second-order valence-corrected chi connectivity index (χ2v) is 8.77. The van der Waals surface area contributed by atoms with E-state index in [9.17, 15) is 9.59 Å². The second-order valence-electron chi connectivity index (χ2n) is 6.87. The summed E-state index contributed by atoms with van der Waals surface area (Å²) in [6.07, 6.45) is 3.07. The number of thiophene rings is 1. The van der Waals surface area contributed by atoms with Crippen molar-refractivity contribution in [3.63, 3.8) is 0 Å². The highest BCUT2D eigenvalue weighted by Crippen LogP contribution is 2.34. The van der Waals surface area contributed by atoms with E-state index in [-0.39, 0.29) is 18.0 Å². The minimum absolute atomic E-state index is 0.0971. The normalized spacial score (nSPS) is 13.3. The van der Waals surface area contributed by atoms with Crippen molar-refractivity contribution in [2.45, 2.75) is 25.8 Å². The van der Waals surface area contributed by atoms with Crippen molar-refractivity contribution < 1.29 is 4.79 Å². The SMILES string of the molecule is CN(CC(=O)Nc1c(Cl)cccc1Cl)Cc1nc2sc3c(c2c(=O)[nH]1)CCC3. The monoisotopic (exact) mass is 436 g/mol. The Bertz CT molecular complexity index is 1100. The van der Waals surface area contributed by atoms with Gasteiger partial charge in [-0.2, -0.15) is 0 Å². The van der Waals surface area contributed by atoms with Gasteiger partial charge in [-0.15, -0.1) is 11.3 Å². The van der Waals surface area contributed by atoms with E-state index in [0.29, 0.717) is 28.1 Å². The summed E-state index contributed by atoms with van der Waals surface area (Å²) in [6, 6.07) is 5.04. The van der Waals surface area contributed by atoms with Crippen molar-refractivity contribution in [2.24, 2.45) is 0 Å². The first-order chi connectivity index (χ1) is 13.4. The number of benzene rings is 1. The summed E-state index contributed by atoms with van der Waals surface area (Å²) in [5, 5.41) is 4.22. The first kappa shape index (κ1) is 19.4. The fourth-order valence-electron chi connectivity index (χ4n) is 3.47. The second kappa shape index (κ2) is 7.83. The van der Waals surface area contributed by atoms with E-state index in [1.807, 2.05) is 0 Å². The number of halogens is 2. The molecule has 0 aliphatic heterocycles. The zero-order valence-electron chi connectivity index (χ0n) is 15.1. The van der Waals surface area contributed by atoms with Crippen molar-refractivity contribution >= 4 is 56.3 Å². The maximum absolute atomic E-state index is 12.5. The quantitative estimate of drug-likeness (QED) is 0.636. The van der Waals surface area contributed by atoms with E-state index >= 15 is 0 Å².